The monoisotopic (exact) mass is 514 g/mol. The Hall–Kier alpha value is -4.17. The van der Waals surface area contributed by atoms with Gasteiger partial charge in [0.2, 0.25) is 0 Å². The zero-order valence-corrected chi connectivity index (χ0v) is 21.5. The molecule has 1 saturated heterocycles. The molecule has 1 amide bonds. The van der Waals surface area contributed by atoms with Gasteiger partial charge >= 0.3 is 5.91 Å². The van der Waals surface area contributed by atoms with E-state index in [0.29, 0.717) is 39.9 Å². The molecule has 0 saturated carbocycles. The highest BCUT2D eigenvalue weighted by Crippen LogP contribution is 2.44. The van der Waals surface area contributed by atoms with Gasteiger partial charge in [0.1, 0.15) is 17.3 Å². The smallest absolute Gasteiger partial charge is 0.301 e. The number of benzene rings is 3. The lowest BCUT2D eigenvalue weighted by Crippen LogP contribution is -2.29. The number of ether oxygens (including phenoxy) is 2. The fourth-order valence-corrected chi connectivity index (χ4v) is 5.48. The number of carbonyl (C=O) groups excluding carboxylic acids is 2. The molecular formula is C29H26N2O5S. The Kier molecular flexibility index (Phi) is 6.67. The first-order chi connectivity index (χ1) is 17.9. The maximum absolute atomic E-state index is 13.5. The van der Waals surface area contributed by atoms with Crippen LogP contribution in [-0.2, 0) is 16.0 Å². The first-order valence-corrected chi connectivity index (χ1v) is 12.8. The molecule has 1 unspecified atom stereocenters. The number of hydrogen-bond donors (Lipinski definition) is 1. The minimum Gasteiger partial charge on any atom is -0.507 e. The first kappa shape index (κ1) is 24.5. The number of carbonyl (C=O) groups is 2. The molecule has 1 N–H and O–H groups in total. The number of thiazole rings is 1. The van der Waals surface area contributed by atoms with E-state index in [1.54, 1.807) is 37.4 Å². The fourth-order valence-electron chi connectivity index (χ4n) is 4.46. The summed E-state index contributed by atoms with van der Waals surface area (Å²) < 4.78 is 11.7. The van der Waals surface area contributed by atoms with E-state index in [4.69, 9.17) is 9.47 Å². The van der Waals surface area contributed by atoms with Crippen molar-refractivity contribution in [1.82, 2.24) is 4.98 Å². The molecule has 5 rings (SSSR count). The molecule has 3 aromatic carbocycles. The number of anilines is 1. The molecule has 4 aromatic rings. The summed E-state index contributed by atoms with van der Waals surface area (Å²) >= 11 is 1.29. The van der Waals surface area contributed by atoms with Gasteiger partial charge in [-0.2, -0.15) is 0 Å². The van der Waals surface area contributed by atoms with Crippen LogP contribution >= 0.6 is 11.3 Å². The molecule has 1 atom stereocenters. The number of methoxy groups -OCH3 is 1. The normalized spacial score (nSPS) is 16.9. The van der Waals surface area contributed by atoms with E-state index in [2.05, 4.69) is 11.9 Å². The van der Waals surface area contributed by atoms with Crippen molar-refractivity contribution in [3.63, 3.8) is 0 Å². The highest BCUT2D eigenvalue weighted by atomic mass is 32.1. The fraction of sp³-hybridized carbons (Fsp3) is 0.207. The van der Waals surface area contributed by atoms with E-state index in [-0.39, 0.29) is 11.3 Å². The van der Waals surface area contributed by atoms with Crippen LogP contribution in [0.2, 0.25) is 0 Å². The Morgan fingerprint density at radius 2 is 1.81 bits per heavy atom. The van der Waals surface area contributed by atoms with Gasteiger partial charge in [0.25, 0.3) is 5.78 Å². The number of aliphatic hydroxyl groups excluding tert-OH is 1. The zero-order valence-electron chi connectivity index (χ0n) is 20.7. The number of aryl methyl sites for hydroxylation is 1. The molecule has 37 heavy (non-hydrogen) atoms. The number of aromatic nitrogens is 1. The Morgan fingerprint density at radius 3 is 2.51 bits per heavy atom. The molecule has 8 heteroatoms. The van der Waals surface area contributed by atoms with Gasteiger partial charge in [0, 0.05) is 5.56 Å². The maximum atomic E-state index is 13.5. The van der Waals surface area contributed by atoms with E-state index in [0.717, 1.165) is 16.7 Å². The maximum Gasteiger partial charge on any atom is 0.301 e. The van der Waals surface area contributed by atoms with E-state index in [1.807, 2.05) is 43.3 Å². The van der Waals surface area contributed by atoms with Crippen LogP contribution in [0.5, 0.6) is 11.5 Å². The van der Waals surface area contributed by atoms with Crippen molar-refractivity contribution in [1.29, 1.82) is 0 Å². The van der Waals surface area contributed by atoms with Crippen molar-refractivity contribution in [2.24, 2.45) is 0 Å². The lowest BCUT2D eigenvalue weighted by Gasteiger charge is -2.23. The quantitative estimate of drug-likeness (QED) is 0.188. The van der Waals surface area contributed by atoms with Crippen molar-refractivity contribution >= 4 is 44.1 Å². The molecule has 1 aliphatic rings. The minimum atomic E-state index is -0.843. The predicted octanol–water partition coefficient (Wildman–Crippen LogP) is 5.89. The Morgan fingerprint density at radius 1 is 1.03 bits per heavy atom. The summed E-state index contributed by atoms with van der Waals surface area (Å²) in [6.07, 6.45) is 0.852. The second kappa shape index (κ2) is 10.1. The molecule has 1 aromatic heterocycles. The summed E-state index contributed by atoms with van der Waals surface area (Å²) in [4.78, 5) is 33.0. The molecule has 0 radical (unpaired) electrons. The van der Waals surface area contributed by atoms with Gasteiger partial charge in [-0.25, -0.2) is 4.98 Å². The second-order valence-corrected chi connectivity index (χ2v) is 9.56. The van der Waals surface area contributed by atoms with Crippen LogP contribution < -0.4 is 14.4 Å². The standard InChI is InChI=1S/C29H26N2O5S/c1-4-17-9-11-18(12-10-17)25-24(26(32)19-7-6-8-21(15-19)36-5-2)27(33)28(34)31(25)29-30-22-14-13-20(35-3)16-23(22)37-29/h6-16,25,32H,4-5H2,1-3H3. The van der Waals surface area contributed by atoms with E-state index in [1.165, 1.54) is 16.2 Å². The van der Waals surface area contributed by atoms with Crippen molar-refractivity contribution < 1.29 is 24.2 Å². The van der Waals surface area contributed by atoms with Crippen LogP contribution in [0, 0.1) is 0 Å². The summed E-state index contributed by atoms with van der Waals surface area (Å²) in [7, 11) is 1.59. The van der Waals surface area contributed by atoms with E-state index in [9.17, 15) is 14.7 Å². The third-order valence-corrected chi connectivity index (χ3v) is 7.37. The highest BCUT2D eigenvalue weighted by Gasteiger charge is 2.48. The van der Waals surface area contributed by atoms with E-state index >= 15 is 0 Å². The molecule has 1 fully saturated rings. The predicted molar refractivity (Wildman–Crippen MR) is 144 cm³/mol. The SMILES string of the molecule is CCOc1cccc(C(O)=C2C(=O)C(=O)N(c3nc4ccc(OC)cc4s3)C2c2ccc(CC)cc2)c1. The minimum absolute atomic E-state index is 0.0136. The second-order valence-electron chi connectivity index (χ2n) is 8.56. The van der Waals surface area contributed by atoms with Crippen molar-refractivity contribution in [2.45, 2.75) is 26.3 Å². The molecule has 7 nitrogen and oxygen atoms in total. The number of fused-ring (bicyclic) bond motifs is 1. The van der Waals surface area contributed by atoms with Gasteiger partial charge in [-0.15, -0.1) is 0 Å². The molecular weight excluding hydrogens is 488 g/mol. The van der Waals surface area contributed by atoms with Crippen LogP contribution in [0.4, 0.5) is 5.13 Å². The lowest BCUT2D eigenvalue weighted by atomic mass is 9.94. The van der Waals surface area contributed by atoms with Gasteiger partial charge in [-0.1, -0.05) is 54.7 Å². The summed E-state index contributed by atoms with van der Waals surface area (Å²) in [5.41, 5.74) is 2.92. The topological polar surface area (TPSA) is 89.0 Å². The summed E-state index contributed by atoms with van der Waals surface area (Å²) in [6, 6.07) is 19.2. The number of rotatable bonds is 7. The zero-order chi connectivity index (χ0) is 26.1. The van der Waals surface area contributed by atoms with Crippen molar-refractivity contribution in [2.75, 3.05) is 18.6 Å². The van der Waals surface area contributed by atoms with Crippen LogP contribution in [0.15, 0.2) is 72.3 Å². The Labute approximate surface area is 218 Å². The summed E-state index contributed by atoms with van der Waals surface area (Å²) in [6.45, 7) is 4.38. The van der Waals surface area contributed by atoms with Gasteiger partial charge in [-0.3, -0.25) is 14.5 Å². The average Bonchev–Trinajstić information content (AvgIpc) is 3.46. The molecule has 0 spiro atoms. The lowest BCUT2D eigenvalue weighted by molar-refractivity contribution is -0.132. The number of hydrogen-bond acceptors (Lipinski definition) is 7. The number of amides is 1. The third-order valence-electron chi connectivity index (χ3n) is 6.36. The molecule has 2 heterocycles. The van der Waals surface area contributed by atoms with Crippen molar-refractivity contribution in [3.8, 4) is 11.5 Å². The summed E-state index contributed by atoms with van der Waals surface area (Å²) in [5, 5.41) is 11.8. The van der Waals surface area contributed by atoms with Crippen molar-refractivity contribution in [3.05, 3.63) is 89.0 Å². The summed E-state index contributed by atoms with van der Waals surface area (Å²) in [5.74, 6) is -0.524. The molecule has 0 bridgehead atoms. The number of nitrogens with zero attached hydrogens (tertiary/aromatic N) is 2. The van der Waals surface area contributed by atoms with Crippen LogP contribution in [-0.4, -0.2) is 35.5 Å². The Balaban J connectivity index is 1.69. The molecule has 188 valence electrons. The van der Waals surface area contributed by atoms with E-state index < -0.39 is 17.7 Å². The average molecular weight is 515 g/mol. The van der Waals surface area contributed by atoms with Gasteiger partial charge < -0.3 is 14.6 Å². The number of aliphatic hydroxyl groups is 1. The van der Waals surface area contributed by atoms with Gasteiger partial charge in [-0.05, 0) is 54.8 Å². The largest absolute Gasteiger partial charge is 0.507 e. The van der Waals surface area contributed by atoms with Gasteiger partial charge in [0.05, 0.1) is 35.5 Å². The van der Waals surface area contributed by atoms with Crippen LogP contribution in [0.3, 0.4) is 0 Å². The third kappa shape index (κ3) is 4.44. The molecule has 0 aliphatic carbocycles. The highest BCUT2D eigenvalue weighted by molar-refractivity contribution is 7.22. The number of ketones is 1. The van der Waals surface area contributed by atoms with Gasteiger partial charge in [0.15, 0.2) is 5.13 Å². The number of Topliss-reactive ketones (excluding diaryl/α,β-unsaturated/α-hetero) is 1. The Bertz CT molecular complexity index is 1520. The molecule has 1 aliphatic heterocycles. The van der Waals surface area contributed by atoms with Crippen LogP contribution in [0.1, 0.15) is 36.6 Å². The first-order valence-electron chi connectivity index (χ1n) is 12.0. The van der Waals surface area contributed by atoms with Crippen LogP contribution in [0.25, 0.3) is 16.0 Å².